The van der Waals surface area contributed by atoms with E-state index in [1.165, 1.54) is 12.1 Å². The van der Waals surface area contributed by atoms with Gasteiger partial charge in [0.25, 0.3) is 0 Å². The molecule has 0 unspecified atom stereocenters. The molecule has 0 aliphatic heterocycles. The Hall–Kier alpha value is -1.94. The first-order valence-corrected chi connectivity index (χ1v) is 6.28. The predicted molar refractivity (Wildman–Crippen MR) is 72.8 cm³/mol. The maximum Gasteiger partial charge on any atom is 0.145 e. The van der Waals surface area contributed by atoms with Gasteiger partial charge in [0.05, 0.1) is 6.20 Å². The van der Waals surface area contributed by atoms with Crippen LogP contribution in [0.5, 0.6) is 11.5 Å². The van der Waals surface area contributed by atoms with Crippen LogP contribution in [0.1, 0.15) is 18.2 Å². The van der Waals surface area contributed by atoms with Crippen LogP contribution in [0.4, 0.5) is 4.39 Å². The molecule has 0 aliphatic carbocycles. The number of hydrogen-bond acceptors (Lipinski definition) is 3. The Morgan fingerprint density at radius 3 is 2.79 bits per heavy atom. The van der Waals surface area contributed by atoms with Crippen molar-refractivity contribution in [2.75, 3.05) is 6.54 Å². The Morgan fingerprint density at radius 2 is 2.11 bits per heavy atom. The van der Waals surface area contributed by atoms with Gasteiger partial charge >= 0.3 is 0 Å². The van der Waals surface area contributed by atoms with Crippen LogP contribution < -0.4 is 10.1 Å². The highest BCUT2D eigenvalue weighted by Crippen LogP contribution is 2.25. The molecular formula is C15H17FN2O. The normalized spacial score (nSPS) is 10.5. The summed E-state index contributed by atoms with van der Waals surface area (Å²) in [7, 11) is 0. The van der Waals surface area contributed by atoms with Crippen LogP contribution in [0, 0.1) is 12.7 Å². The molecule has 0 fully saturated rings. The van der Waals surface area contributed by atoms with Gasteiger partial charge in [-0.15, -0.1) is 0 Å². The molecule has 2 rings (SSSR count). The summed E-state index contributed by atoms with van der Waals surface area (Å²) in [6.07, 6.45) is 1.66. The van der Waals surface area contributed by atoms with Crippen LogP contribution in [-0.4, -0.2) is 11.5 Å². The zero-order valence-electron chi connectivity index (χ0n) is 11.1. The van der Waals surface area contributed by atoms with Crippen LogP contribution in [0.3, 0.4) is 0 Å². The van der Waals surface area contributed by atoms with E-state index in [4.69, 9.17) is 4.74 Å². The Balaban J connectivity index is 2.20. The minimum absolute atomic E-state index is 0.262. The fourth-order valence-corrected chi connectivity index (χ4v) is 1.69. The van der Waals surface area contributed by atoms with Crippen molar-refractivity contribution in [2.24, 2.45) is 0 Å². The third-order valence-corrected chi connectivity index (χ3v) is 2.70. The van der Waals surface area contributed by atoms with Crippen LogP contribution in [0.25, 0.3) is 0 Å². The molecule has 0 amide bonds. The average Bonchev–Trinajstić information content (AvgIpc) is 2.41. The number of aromatic nitrogens is 1. The summed E-state index contributed by atoms with van der Waals surface area (Å²) < 4.78 is 19.0. The summed E-state index contributed by atoms with van der Waals surface area (Å²) in [6, 6.07) is 8.25. The largest absolute Gasteiger partial charge is 0.455 e. The fraction of sp³-hybridized carbons (Fsp3) is 0.267. The monoisotopic (exact) mass is 260 g/mol. The Kier molecular flexibility index (Phi) is 4.47. The van der Waals surface area contributed by atoms with E-state index < -0.39 is 0 Å². The number of nitrogens with zero attached hydrogens (tertiary/aromatic N) is 1. The third kappa shape index (κ3) is 3.76. The van der Waals surface area contributed by atoms with Crippen LogP contribution in [0.2, 0.25) is 0 Å². The van der Waals surface area contributed by atoms with Crippen LogP contribution in [-0.2, 0) is 6.54 Å². The third-order valence-electron chi connectivity index (χ3n) is 2.70. The molecule has 4 heteroatoms. The summed E-state index contributed by atoms with van der Waals surface area (Å²) in [4.78, 5) is 4.17. The molecule has 0 spiro atoms. The van der Waals surface area contributed by atoms with Gasteiger partial charge in [0, 0.05) is 17.8 Å². The van der Waals surface area contributed by atoms with Crippen molar-refractivity contribution in [3.8, 4) is 11.5 Å². The molecule has 1 aromatic carbocycles. The van der Waals surface area contributed by atoms with E-state index in [2.05, 4.69) is 10.3 Å². The Bertz CT molecular complexity index is 540. The van der Waals surface area contributed by atoms with Crippen molar-refractivity contribution in [1.82, 2.24) is 10.3 Å². The van der Waals surface area contributed by atoms with Crippen LogP contribution in [0.15, 0.2) is 36.5 Å². The minimum Gasteiger partial charge on any atom is -0.455 e. The molecule has 2 aromatic rings. The number of aryl methyl sites for hydroxylation is 1. The average molecular weight is 260 g/mol. The standard InChI is InChI=1S/C15H17FN2O/c1-3-17-9-12-8-13(16)5-7-15(12)19-14-6-4-11(2)18-10-14/h4-8,10,17H,3,9H2,1-2H3. The van der Waals surface area contributed by atoms with Crippen molar-refractivity contribution in [3.05, 3.63) is 53.6 Å². The van der Waals surface area contributed by atoms with Crippen molar-refractivity contribution in [1.29, 1.82) is 0 Å². The molecule has 1 N–H and O–H groups in total. The number of hydrogen-bond donors (Lipinski definition) is 1. The highest BCUT2D eigenvalue weighted by atomic mass is 19.1. The first kappa shape index (κ1) is 13.5. The lowest BCUT2D eigenvalue weighted by Gasteiger charge is -2.11. The van der Waals surface area contributed by atoms with E-state index in [-0.39, 0.29) is 5.82 Å². The minimum atomic E-state index is -0.262. The zero-order valence-corrected chi connectivity index (χ0v) is 11.1. The van der Waals surface area contributed by atoms with Gasteiger partial charge in [0.15, 0.2) is 0 Å². The topological polar surface area (TPSA) is 34.1 Å². The molecular weight excluding hydrogens is 243 g/mol. The van der Waals surface area contributed by atoms with Gasteiger partial charge < -0.3 is 10.1 Å². The second kappa shape index (κ2) is 6.29. The predicted octanol–water partition coefficient (Wildman–Crippen LogP) is 3.43. The summed E-state index contributed by atoms with van der Waals surface area (Å²) >= 11 is 0. The lowest BCUT2D eigenvalue weighted by Crippen LogP contribution is -2.12. The lowest BCUT2D eigenvalue weighted by atomic mass is 10.2. The molecule has 0 saturated heterocycles. The summed E-state index contributed by atoms with van der Waals surface area (Å²) in [6.45, 7) is 5.31. The molecule has 0 saturated carbocycles. The summed E-state index contributed by atoms with van der Waals surface area (Å²) in [5.41, 5.74) is 1.72. The first-order chi connectivity index (χ1) is 9.19. The van der Waals surface area contributed by atoms with E-state index in [0.717, 1.165) is 17.8 Å². The maximum absolute atomic E-state index is 13.3. The van der Waals surface area contributed by atoms with Gasteiger partial charge in [-0.2, -0.15) is 0 Å². The van der Waals surface area contributed by atoms with Gasteiger partial charge in [-0.3, -0.25) is 4.98 Å². The summed E-state index contributed by atoms with van der Waals surface area (Å²) in [5.74, 6) is 1.03. The van der Waals surface area contributed by atoms with Gasteiger partial charge in [-0.25, -0.2) is 4.39 Å². The van der Waals surface area contributed by atoms with E-state index in [1.807, 2.05) is 26.0 Å². The number of ether oxygens (including phenoxy) is 1. The molecule has 3 nitrogen and oxygen atoms in total. The molecule has 1 aromatic heterocycles. The van der Waals surface area contributed by atoms with E-state index >= 15 is 0 Å². The number of benzene rings is 1. The number of pyridine rings is 1. The smallest absolute Gasteiger partial charge is 0.145 e. The molecule has 100 valence electrons. The second-order valence-electron chi connectivity index (χ2n) is 4.27. The molecule has 1 heterocycles. The van der Waals surface area contributed by atoms with Gasteiger partial charge in [-0.05, 0) is 43.8 Å². The molecule has 19 heavy (non-hydrogen) atoms. The highest BCUT2D eigenvalue weighted by Gasteiger charge is 2.06. The van der Waals surface area contributed by atoms with E-state index in [1.54, 1.807) is 12.3 Å². The first-order valence-electron chi connectivity index (χ1n) is 6.28. The number of rotatable bonds is 5. The van der Waals surface area contributed by atoms with E-state index in [9.17, 15) is 4.39 Å². The van der Waals surface area contributed by atoms with Crippen molar-refractivity contribution in [3.63, 3.8) is 0 Å². The SMILES string of the molecule is CCNCc1cc(F)ccc1Oc1ccc(C)nc1. The zero-order chi connectivity index (χ0) is 13.7. The van der Waals surface area contributed by atoms with Crippen LogP contribution >= 0.6 is 0 Å². The highest BCUT2D eigenvalue weighted by molar-refractivity contribution is 5.37. The van der Waals surface area contributed by atoms with Crippen molar-refractivity contribution in [2.45, 2.75) is 20.4 Å². The number of nitrogens with one attached hydrogen (secondary N) is 1. The van der Waals surface area contributed by atoms with Crippen molar-refractivity contribution >= 4 is 0 Å². The van der Waals surface area contributed by atoms with Gasteiger partial charge in [-0.1, -0.05) is 6.92 Å². The fourth-order valence-electron chi connectivity index (χ4n) is 1.69. The lowest BCUT2D eigenvalue weighted by molar-refractivity contribution is 0.468. The Morgan fingerprint density at radius 1 is 1.26 bits per heavy atom. The second-order valence-corrected chi connectivity index (χ2v) is 4.27. The van der Waals surface area contributed by atoms with Gasteiger partial charge in [0.2, 0.25) is 0 Å². The number of halogens is 1. The quantitative estimate of drug-likeness (QED) is 0.894. The Labute approximate surface area is 112 Å². The molecule has 0 atom stereocenters. The maximum atomic E-state index is 13.3. The molecule has 0 aliphatic rings. The summed E-state index contributed by atoms with van der Waals surface area (Å²) in [5, 5.41) is 3.16. The molecule has 0 bridgehead atoms. The molecule has 0 radical (unpaired) electrons. The van der Waals surface area contributed by atoms with Crippen molar-refractivity contribution < 1.29 is 9.13 Å². The van der Waals surface area contributed by atoms with Gasteiger partial charge in [0.1, 0.15) is 17.3 Å². The van der Waals surface area contributed by atoms with E-state index in [0.29, 0.717) is 18.0 Å².